The Morgan fingerprint density at radius 1 is 1.00 bits per heavy atom. The normalized spacial score (nSPS) is 13.7. The number of likely N-dealkylation sites (tertiary alicyclic amines) is 1. The average molecular weight is 521 g/mol. The smallest absolute Gasteiger partial charge is 0.410 e. The van der Waals surface area contributed by atoms with Gasteiger partial charge in [0.2, 0.25) is 5.91 Å². The molecule has 0 unspecified atom stereocenters. The molecule has 2 amide bonds. The second-order valence-electron chi connectivity index (χ2n) is 9.01. The number of ether oxygens (including phenoxy) is 2. The third-order valence-corrected chi connectivity index (χ3v) is 7.71. The molecule has 8 heteroatoms. The molecule has 2 heterocycles. The lowest BCUT2D eigenvalue weighted by molar-refractivity contribution is -0.118. The van der Waals surface area contributed by atoms with Crippen LogP contribution in [0.5, 0.6) is 0 Å². The van der Waals surface area contributed by atoms with Crippen molar-refractivity contribution in [3.05, 3.63) is 77.2 Å². The van der Waals surface area contributed by atoms with Gasteiger partial charge in [-0.3, -0.25) is 4.79 Å². The molecule has 0 saturated carbocycles. The fourth-order valence-corrected chi connectivity index (χ4v) is 5.54. The lowest BCUT2D eigenvalue weighted by Gasteiger charge is -2.34. The summed E-state index contributed by atoms with van der Waals surface area (Å²) >= 11 is 1.33. The van der Waals surface area contributed by atoms with Crippen LogP contribution in [-0.2, 0) is 20.9 Å². The lowest BCUT2D eigenvalue weighted by Crippen LogP contribution is -2.43. The van der Waals surface area contributed by atoms with Crippen molar-refractivity contribution in [3.8, 4) is 10.4 Å². The van der Waals surface area contributed by atoms with Gasteiger partial charge >= 0.3 is 12.1 Å². The SMILES string of the molecule is CCC(=O)N(CC1CCN(C(=O)OCc2ccccc2)CC1)c1cc(-c2ccccc2)sc1C(=O)OC. The highest BCUT2D eigenvalue weighted by atomic mass is 32.1. The van der Waals surface area contributed by atoms with Crippen LogP contribution in [-0.4, -0.2) is 49.6 Å². The highest BCUT2D eigenvalue weighted by Gasteiger charge is 2.30. The van der Waals surface area contributed by atoms with E-state index in [4.69, 9.17) is 9.47 Å². The van der Waals surface area contributed by atoms with E-state index >= 15 is 0 Å². The van der Waals surface area contributed by atoms with Crippen LogP contribution >= 0.6 is 11.3 Å². The van der Waals surface area contributed by atoms with Gasteiger partial charge in [0, 0.05) is 30.9 Å². The van der Waals surface area contributed by atoms with Gasteiger partial charge in [-0.15, -0.1) is 11.3 Å². The molecule has 1 saturated heterocycles. The lowest BCUT2D eigenvalue weighted by atomic mass is 9.96. The van der Waals surface area contributed by atoms with Crippen molar-refractivity contribution in [3.63, 3.8) is 0 Å². The second-order valence-corrected chi connectivity index (χ2v) is 10.1. The number of anilines is 1. The second kappa shape index (κ2) is 12.5. The Hall–Kier alpha value is -3.65. The summed E-state index contributed by atoms with van der Waals surface area (Å²) in [5.74, 6) is -0.307. The number of methoxy groups -OCH3 is 1. The Morgan fingerprint density at radius 3 is 2.27 bits per heavy atom. The van der Waals surface area contributed by atoms with Gasteiger partial charge in [-0.1, -0.05) is 67.6 Å². The van der Waals surface area contributed by atoms with Crippen LogP contribution in [0, 0.1) is 5.92 Å². The molecule has 4 rings (SSSR count). The van der Waals surface area contributed by atoms with Gasteiger partial charge in [0.05, 0.1) is 12.8 Å². The molecule has 1 aromatic heterocycles. The Kier molecular flexibility index (Phi) is 8.95. The maximum absolute atomic E-state index is 13.1. The van der Waals surface area contributed by atoms with Crippen LogP contribution in [0.4, 0.5) is 10.5 Å². The summed E-state index contributed by atoms with van der Waals surface area (Å²) in [6.07, 6.45) is 1.50. The van der Waals surface area contributed by atoms with Crippen LogP contribution in [0.2, 0.25) is 0 Å². The molecule has 1 aliphatic rings. The van der Waals surface area contributed by atoms with E-state index in [-0.39, 0.29) is 24.5 Å². The first-order valence-corrected chi connectivity index (χ1v) is 13.3. The number of carbonyl (C=O) groups is 3. The molecule has 0 aliphatic carbocycles. The van der Waals surface area contributed by atoms with Crippen molar-refractivity contribution in [2.24, 2.45) is 5.92 Å². The molecule has 0 radical (unpaired) electrons. The quantitative estimate of drug-likeness (QED) is 0.341. The van der Waals surface area contributed by atoms with E-state index in [2.05, 4.69) is 0 Å². The van der Waals surface area contributed by atoms with Gasteiger partial charge in [-0.2, -0.15) is 0 Å². The molecule has 194 valence electrons. The van der Waals surface area contributed by atoms with E-state index in [1.807, 2.05) is 73.7 Å². The number of carbonyl (C=O) groups excluding carboxylic acids is 3. The Balaban J connectivity index is 1.45. The van der Waals surface area contributed by atoms with Gasteiger partial charge in [0.1, 0.15) is 11.5 Å². The first-order chi connectivity index (χ1) is 18.0. The molecular formula is C29H32N2O5S. The topological polar surface area (TPSA) is 76.2 Å². The summed E-state index contributed by atoms with van der Waals surface area (Å²) in [7, 11) is 1.35. The summed E-state index contributed by atoms with van der Waals surface area (Å²) in [4.78, 5) is 43.1. The third-order valence-electron chi connectivity index (χ3n) is 6.55. The van der Waals surface area contributed by atoms with E-state index < -0.39 is 5.97 Å². The summed E-state index contributed by atoms with van der Waals surface area (Å²) in [6.45, 7) is 3.68. The molecule has 7 nitrogen and oxygen atoms in total. The minimum atomic E-state index is -0.452. The van der Waals surface area contributed by atoms with Crippen molar-refractivity contribution in [2.75, 3.05) is 31.6 Å². The standard InChI is InChI=1S/C29H32N2O5S/c1-3-26(32)31(24-18-25(23-12-8-5-9-13-23)37-27(24)28(33)35-2)19-21-14-16-30(17-15-21)29(34)36-20-22-10-6-4-7-11-22/h4-13,18,21H,3,14-17,19-20H2,1-2H3. The van der Waals surface area contributed by atoms with Crippen LogP contribution in [0.15, 0.2) is 66.7 Å². The monoisotopic (exact) mass is 520 g/mol. The Bertz CT molecular complexity index is 1200. The Morgan fingerprint density at radius 2 is 1.65 bits per heavy atom. The van der Waals surface area contributed by atoms with Crippen molar-refractivity contribution >= 4 is 35.0 Å². The number of rotatable bonds is 8. The molecular weight excluding hydrogens is 488 g/mol. The molecule has 2 aromatic carbocycles. The average Bonchev–Trinajstić information content (AvgIpc) is 3.40. The van der Waals surface area contributed by atoms with Gasteiger partial charge in [-0.25, -0.2) is 9.59 Å². The number of esters is 1. The molecule has 0 N–H and O–H groups in total. The number of hydrogen-bond acceptors (Lipinski definition) is 6. The van der Waals surface area contributed by atoms with Crippen molar-refractivity contribution < 1.29 is 23.9 Å². The minimum absolute atomic E-state index is 0.0488. The molecule has 3 aromatic rings. The number of nitrogens with zero attached hydrogens (tertiary/aromatic N) is 2. The largest absolute Gasteiger partial charge is 0.465 e. The van der Waals surface area contributed by atoms with E-state index in [9.17, 15) is 14.4 Å². The van der Waals surface area contributed by atoms with Gasteiger partial charge < -0.3 is 19.3 Å². The fraction of sp³-hybridized carbons (Fsp3) is 0.345. The number of piperidine rings is 1. The molecule has 37 heavy (non-hydrogen) atoms. The number of amides is 2. The van der Waals surface area contributed by atoms with Gasteiger partial charge in [0.25, 0.3) is 0 Å². The van der Waals surface area contributed by atoms with Crippen LogP contribution in [0.1, 0.15) is 41.4 Å². The van der Waals surface area contributed by atoms with Gasteiger partial charge in [0.15, 0.2) is 0 Å². The highest BCUT2D eigenvalue weighted by Crippen LogP contribution is 2.38. The number of thiophene rings is 1. The summed E-state index contributed by atoms with van der Waals surface area (Å²) < 4.78 is 10.5. The molecule has 0 spiro atoms. The zero-order valence-corrected chi connectivity index (χ0v) is 22.0. The van der Waals surface area contributed by atoms with Crippen molar-refractivity contribution in [2.45, 2.75) is 32.8 Å². The van der Waals surface area contributed by atoms with Crippen LogP contribution < -0.4 is 4.90 Å². The van der Waals surface area contributed by atoms with Gasteiger partial charge in [-0.05, 0) is 36.0 Å². The maximum atomic E-state index is 13.1. The third kappa shape index (κ3) is 6.57. The van der Waals surface area contributed by atoms with Crippen LogP contribution in [0.3, 0.4) is 0 Å². The zero-order valence-electron chi connectivity index (χ0n) is 21.2. The minimum Gasteiger partial charge on any atom is -0.465 e. The predicted molar refractivity (Wildman–Crippen MR) is 145 cm³/mol. The van der Waals surface area contributed by atoms with Crippen molar-refractivity contribution in [1.29, 1.82) is 0 Å². The summed E-state index contributed by atoms with van der Waals surface area (Å²) in [6, 6.07) is 21.3. The van der Waals surface area contributed by atoms with E-state index in [0.717, 1.165) is 28.8 Å². The maximum Gasteiger partial charge on any atom is 0.410 e. The van der Waals surface area contributed by atoms with Crippen molar-refractivity contribution in [1.82, 2.24) is 4.90 Å². The number of benzene rings is 2. The zero-order chi connectivity index (χ0) is 26.2. The van der Waals surface area contributed by atoms with E-state index in [1.54, 1.807) is 9.80 Å². The predicted octanol–water partition coefficient (Wildman–Crippen LogP) is 5.99. The molecule has 0 atom stereocenters. The Labute approximate surface area is 221 Å². The first kappa shape index (κ1) is 26.4. The molecule has 0 bridgehead atoms. The number of hydrogen-bond donors (Lipinski definition) is 0. The summed E-state index contributed by atoms with van der Waals surface area (Å²) in [5.41, 5.74) is 2.52. The van der Waals surface area contributed by atoms with Crippen LogP contribution in [0.25, 0.3) is 10.4 Å². The van der Waals surface area contributed by atoms with E-state index in [0.29, 0.717) is 36.6 Å². The summed E-state index contributed by atoms with van der Waals surface area (Å²) in [5, 5.41) is 0. The van der Waals surface area contributed by atoms with E-state index in [1.165, 1.54) is 18.4 Å². The molecule has 1 aliphatic heterocycles. The first-order valence-electron chi connectivity index (χ1n) is 12.5. The highest BCUT2D eigenvalue weighted by molar-refractivity contribution is 7.18. The molecule has 1 fully saturated rings. The fourth-order valence-electron chi connectivity index (χ4n) is 4.46.